The van der Waals surface area contributed by atoms with Crippen molar-refractivity contribution < 1.29 is 9.53 Å². The minimum Gasteiger partial charge on any atom is -0.380 e. The van der Waals surface area contributed by atoms with E-state index in [-0.39, 0.29) is 11.7 Å². The summed E-state index contributed by atoms with van der Waals surface area (Å²) < 4.78 is 6.01. The molecule has 1 aromatic carbocycles. The van der Waals surface area contributed by atoms with Gasteiger partial charge in [-0.05, 0) is 36.8 Å². The number of carbonyl (C=O) groups is 1. The topological polar surface area (TPSA) is 87.9 Å². The van der Waals surface area contributed by atoms with E-state index in [1.165, 1.54) is 11.8 Å². The molecular weight excluding hydrogens is 440 g/mol. The first kappa shape index (κ1) is 20.3. The molecule has 2 heterocycles. The summed E-state index contributed by atoms with van der Waals surface area (Å²) in [7, 11) is 1.58. The number of halogens is 1. The SMILES string of the molecule is COCc1cc(C)nc(SCC(=O)Nc2cc(Br)cc3cccnc23)c1C#N. The molecule has 0 unspecified atom stereocenters. The molecule has 0 radical (unpaired) electrons. The Morgan fingerprint density at radius 2 is 2.21 bits per heavy atom. The van der Waals surface area contributed by atoms with Crippen LogP contribution in [0.3, 0.4) is 0 Å². The normalized spacial score (nSPS) is 10.6. The van der Waals surface area contributed by atoms with E-state index in [1.807, 2.05) is 37.3 Å². The van der Waals surface area contributed by atoms with Crippen LogP contribution in [0.4, 0.5) is 5.69 Å². The molecule has 2 aromatic heterocycles. The third-order valence-electron chi connectivity index (χ3n) is 3.89. The van der Waals surface area contributed by atoms with Gasteiger partial charge in [0.1, 0.15) is 11.1 Å². The number of anilines is 1. The Morgan fingerprint density at radius 3 is 2.96 bits per heavy atom. The number of fused-ring (bicyclic) bond motifs is 1. The number of methoxy groups -OCH3 is 1. The lowest BCUT2D eigenvalue weighted by Gasteiger charge is -2.11. The van der Waals surface area contributed by atoms with Crippen LogP contribution in [-0.4, -0.2) is 28.7 Å². The van der Waals surface area contributed by atoms with Gasteiger partial charge in [-0.15, -0.1) is 0 Å². The highest BCUT2D eigenvalue weighted by Crippen LogP contribution is 2.28. The second-order valence-electron chi connectivity index (χ2n) is 6.01. The summed E-state index contributed by atoms with van der Waals surface area (Å²) in [6.07, 6.45) is 1.69. The van der Waals surface area contributed by atoms with Gasteiger partial charge >= 0.3 is 0 Å². The number of hydrogen-bond acceptors (Lipinski definition) is 6. The van der Waals surface area contributed by atoms with Gasteiger partial charge in [-0.2, -0.15) is 5.26 Å². The van der Waals surface area contributed by atoms with Crippen LogP contribution in [0, 0.1) is 18.3 Å². The lowest BCUT2D eigenvalue weighted by atomic mass is 10.1. The molecule has 0 saturated carbocycles. The summed E-state index contributed by atoms with van der Waals surface area (Å²) in [6.45, 7) is 2.17. The van der Waals surface area contributed by atoms with Crippen molar-refractivity contribution in [3.63, 3.8) is 0 Å². The standard InChI is InChI=1S/C20H17BrN4O2S/c1-12-6-14(10-27-2)16(9-22)20(24-12)28-11-18(26)25-17-8-15(21)7-13-4-3-5-23-19(13)17/h3-8H,10-11H2,1-2H3,(H,25,26). The maximum atomic E-state index is 12.5. The van der Waals surface area contributed by atoms with Gasteiger partial charge in [0.05, 0.1) is 29.1 Å². The number of carbonyl (C=O) groups excluding carboxylic acids is 1. The minimum absolute atomic E-state index is 0.123. The molecule has 3 aromatic rings. The third-order valence-corrected chi connectivity index (χ3v) is 5.32. The fourth-order valence-corrected chi connectivity index (χ4v) is 4.12. The van der Waals surface area contributed by atoms with Crippen molar-refractivity contribution in [1.82, 2.24) is 9.97 Å². The van der Waals surface area contributed by atoms with E-state index in [9.17, 15) is 10.1 Å². The van der Waals surface area contributed by atoms with Crippen molar-refractivity contribution in [1.29, 1.82) is 5.26 Å². The van der Waals surface area contributed by atoms with E-state index in [0.29, 0.717) is 22.9 Å². The summed E-state index contributed by atoms with van der Waals surface area (Å²) in [4.78, 5) is 21.3. The molecule has 0 spiro atoms. The summed E-state index contributed by atoms with van der Waals surface area (Å²) in [5.41, 5.74) is 3.34. The molecule has 0 aliphatic rings. The Kier molecular flexibility index (Phi) is 6.62. The second-order valence-corrected chi connectivity index (χ2v) is 7.89. The van der Waals surface area contributed by atoms with Crippen LogP contribution in [0.2, 0.25) is 0 Å². The Balaban J connectivity index is 1.78. The Morgan fingerprint density at radius 1 is 1.39 bits per heavy atom. The van der Waals surface area contributed by atoms with Gasteiger partial charge in [0.15, 0.2) is 0 Å². The molecular formula is C20H17BrN4O2S. The van der Waals surface area contributed by atoms with Crippen LogP contribution in [0.25, 0.3) is 10.9 Å². The molecule has 0 bridgehead atoms. The number of benzene rings is 1. The maximum absolute atomic E-state index is 12.5. The van der Waals surface area contributed by atoms with Crippen LogP contribution in [-0.2, 0) is 16.1 Å². The third kappa shape index (κ3) is 4.68. The maximum Gasteiger partial charge on any atom is 0.234 e. The number of aryl methyl sites for hydroxylation is 1. The molecule has 0 atom stereocenters. The number of nitrogens with zero attached hydrogens (tertiary/aromatic N) is 3. The van der Waals surface area contributed by atoms with E-state index in [4.69, 9.17) is 4.74 Å². The first-order valence-electron chi connectivity index (χ1n) is 8.38. The molecule has 8 heteroatoms. The Bertz CT molecular complexity index is 1080. The number of thioether (sulfide) groups is 1. The van der Waals surface area contributed by atoms with Crippen LogP contribution in [0.15, 0.2) is 46.0 Å². The average Bonchev–Trinajstić information content (AvgIpc) is 2.66. The lowest BCUT2D eigenvalue weighted by molar-refractivity contribution is -0.113. The summed E-state index contributed by atoms with van der Waals surface area (Å²) in [5, 5.41) is 13.8. The average molecular weight is 457 g/mol. The van der Waals surface area contributed by atoms with E-state index in [0.717, 1.165) is 26.6 Å². The first-order valence-corrected chi connectivity index (χ1v) is 10.2. The van der Waals surface area contributed by atoms with Crippen LogP contribution < -0.4 is 5.32 Å². The van der Waals surface area contributed by atoms with Crippen molar-refractivity contribution >= 4 is 50.2 Å². The molecule has 0 saturated heterocycles. The molecule has 1 N–H and O–H groups in total. The molecule has 6 nitrogen and oxygen atoms in total. The number of hydrogen-bond donors (Lipinski definition) is 1. The Labute approximate surface area is 175 Å². The van der Waals surface area contributed by atoms with Gasteiger partial charge in [0.25, 0.3) is 0 Å². The quantitative estimate of drug-likeness (QED) is 0.551. The van der Waals surface area contributed by atoms with Gasteiger partial charge in [-0.25, -0.2) is 4.98 Å². The molecule has 0 fully saturated rings. The Hall–Kier alpha value is -2.47. The molecule has 1 amide bonds. The zero-order valence-corrected chi connectivity index (χ0v) is 17.7. The summed E-state index contributed by atoms with van der Waals surface area (Å²) in [6, 6.07) is 11.5. The fraction of sp³-hybridized carbons (Fsp3) is 0.200. The lowest BCUT2D eigenvalue weighted by Crippen LogP contribution is -2.15. The fourth-order valence-electron chi connectivity index (χ4n) is 2.77. The largest absolute Gasteiger partial charge is 0.380 e. The summed E-state index contributed by atoms with van der Waals surface area (Å²) >= 11 is 4.69. The highest BCUT2D eigenvalue weighted by Gasteiger charge is 2.15. The smallest absolute Gasteiger partial charge is 0.234 e. The number of amides is 1. The number of nitriles is 1. The van der Waals surface area contributed by atoms with Gasteiger partial charge in [0.2, 0.25) is 5.91 Å². The molecule has 0 aliphatic heterocycles. The zero-order chi connectivity index (χ0) is 20.1. The molecule has 3 rings (SSSR count). The van der Waals surface area contributed by atoms with Crippen LogP contribution >= 0.6 is 27.7 Å². The number of pyridine rings is 2. The van der Waals surface area contributed by atoms with E-state index >= 15 is 0 Å². The van der Waals surface area contributed by atoms with Crippen LogP contribution in [0.1, 0.15) is 16.8 Å². The minimum atomic E-state index is -0.199. The predicted molar refractivity (Wildman–Crippen MR) is 113 cm³/mol. The van der Waals surface area contributed by atoms with Crippen molar-refractivity contribution in [2.24, 2.45) is 0 Å². The second kappa shape index (κ2) is 9.15. The number of aromatic nitrogens is 2. The van der Waals surface area contributed by atoms with Crippen molar-refractivity contribution in [2.45, 2.75) is 18.6 Å². The van der Waals surface area contributed by atoms with Crippen molar-refractivity contribution in [3.8, 4) is 6.07 Å². The van der Waals surface area contributed by atoms with Crippen LogP contribution in [0.5, 0.6) is 0 Å². The first-order chi connectivity index (χ1) is 13.5. The number of rotatable bonds is 6. The van der Waals surface area contributed by atoms with Gasteiger partial charge in [-0.1, -0.05) is 33.8 Å². The van der Waals surface area contributed by atoms with Gasteiger partial charge in [-0.3, -0.25) is 9.78 Å². The molecule has 28 heavy (non-hydrogen) atoms. The number of ether oxygens (including phenoxy) is 1. The van der Waals surface area contributed by atoms with Crippen molar-refractivity contribution in [2.75, 3.05) is 18.2 Å². The summed E-state index contributed by atoms with van der Waals surface area (Å²) in [5.74, 6) is -0.0752. The highest BCUT2D eigenvalue weighted by atomic mass is 79.9. The molecule has 142 valence electrons. The highest BCUT2D eigenvalue weighted by molar-refractivity contribution is 9.10. The van der Waals surface area contributed by atoms with Crippen molar-refractivity contribution in [3.05, 3.63) is 57.8 Å². The van der Waals surface area contributed by atoms with Gasteiger partial charge in [0, 0.05) is 28.9 Å². The monoisotopic (exact) mass is 456 g/mol. The zero-order valence-electron chi connectivity index (χ0n) is 15.3. The molecule has 0 aliphatic carbocycles. The van der Waals surface area contributed by atoms with E-state index < -0.39 is 0 Å². The van der Waals surface area contributed by atoms with E-state index in [2.05, 4.69) is 37.3 Å². The van der Waals surface area contributed by atoms with E-state index in [1.54, 1.807) is 13.3 Å². The van der Waals surface area contributed by atoms with Gasteiger partial charge < -0.3 is 10.1 Å². The number of nitrogens with one attached hydrogen (secondary N) is 1. The predicted octanol–water partition coefficient (Wildman–Crippen LogP) is 4.45.